The van der Waals surface area contributed by atoms with Crippen LogP contribution in [-0.4, -0.2) is 38.1 Å². The average molecular weight is 375 g/mol. The molecule has 0 radical (unpaired) electrons. The van der Waals surface area contributed by atoms with Crippen molar-refractivity contribution in [2.24, 2.45) is 0 Å². The van der Waals surface area contributed by atoms with Crippen LogP contribution in [0.1, 0.15) is 25.0 Å². The van der Waals surface area contributed by atoms with E-state index >= 15 is 0 Å². The molecule has 1 amide bonds. The van der Waals surface area contributed by atoms with Crippen LogP contribution >= 0.6 is 0 Å². The predicted molar refractivity (Wildman–Crippen MR) is 105 cm³/mol. The van der Waals surface area contributed by atoms with E-state index in [4.69, 9.17) is 0 Å². The molecule has 0 aromatic heterocycles. The van der Waals surface area contributed by atoms with Gasteiger partial charge in [0.25, 0.3) is 0 Å². The molecular formula is C20H26N2O3S. The van der Waals surface area contributed by atoms with Gasteiger partial charge in [-0.3, -0.25) is 9.10 Å². The molecule has 26 heavy (non-hydrogen) atoms. The van der Waals surface area contributed by atoms with Crippen molar-refractivity contribution in [1.82, 2.24) is 4.90 Å². The van der Waals surface area contributed by atoms with Crippen molar-refractivity contribution in [3.05, 3.63) is 65.7 Å². The molecular weight excluding hydrogens is 348 g/mol. The third-order valence-corrected chi connectivity index (χ3v) is 5.25. The van der Waals surface area contributed by atoms with Gasteiger partial charge in [-0.2, -0.15) is 0 Å². The van der Waals surface area contributed by atoms with Crippen molar-refractivity contribution in [1.29, 1.82) is 0 Å². The Balaban J connectivity index is 2.26. The molecule has 5 nitrogen and oxygen atoms in total. The van der Waals surface area contributed by atoms with E-state index in [1.165, 1.54) is 4.31 Å². The van der Waals surface area contributed by atoms with Gasteiger partial charge in [-0.1, -0.05) is 42.5 Å². The van der Waals surface area contributed by atoms with Crippen LogP contribution in [0.3, 0.4) is 0 Å². The molecule has 0 saturated heterocycles. The molecule has 0 N–H and O–H groups in total. The maximum absolute atomic E-state index is 12.9. The molecule has 0 fully saturated rings. The maximum atomic E-state index is 12.9. The van der Waals surface area contributed by atoms with Gasteiger partial charge < -0.3 is 4.90 Å². The number of amides is 1. The Kier molecular flexibility index (Phi) is 6.42. The third-order valence-electron chi connectivity index (χ3n) is 4.11. The highest BCUT2D eigenvalue weighted by atomic mass is 32.2. The van der Waals surface area contributed by atoms with Gasteiger partial charge in [-0.05, 0) is 44.0 Å². The van der Waals surface area contributed by atoms with Gasteiger partial charge in [-0.15, -0.1) is 0 Å². The molecule has 0 aliphatic heterocycles. The molecule has 2 aromatic carbocycles. The zero-order valence-corrected chi connectivity index (χ0v) is 16.5. The van der Waals surface area contributed by atoms with Gasteiger partial charge in [0.2, 0.25) is 15.9 Å². The first-order chi connectivity index (χ1) is 12.2. The van der Waals surface area contributed by atoms with Gasteiger partial charge in [0, 0.05) is 12.6 Å². The van der Waals surface area contributed by atoms with E-state index in [1.807, 2.05) is 57.2 Å². The monoisotopic (exact) mass is 374 g/mol. The van der Waals surface area contributed by atoms with Gasteiger partial charge in [0.05, 0.1) is 11.9 Å². The summed E-state index contributed by atoms with van der Waals surface area (Å²) in [5.41, 5.74) is 2.45. The Morgan fingerprint density at radius 1 is 1.04 bits per heavy atom. The Labute approximate surface area is 156 Å². The van der Waals surface area contributed by atoms with Gasteiger partial charge in [0.1, 0.15) is 6.54 Å². The molecule has 0 heterocycles. The summed E-state index contributed by atoms with van der Waals surface area (Å²) in [6, 6.07) is 16.8. The Morgan fingerprint density at radius 3 is 2.23 bits per heavy atom. The van der Waals surface area contributed by atoms with Crippen molar-refractivity contribution in [2.45, 2.75) is 33.4 Å². The Bertz CT molecular complexity index is 848. The third kappa shape index (κ3) is 5.33. The molecule has 0 bridgehead atoms. The van der Waals surface area contributed by atoms with Crippen LogP contribution in [0.4, 0.5) is 5.69 Å². The Morgan fingerprint density at radius 2 is 1.69 bits per heavy atom. The van der Waals surface area contributed by atoms with Crippen molar-refractivity contribution < 1.29 is 13.2 Å². The van der Waals surface area contributed by atoms with E-state index in [9.17, 15) is 13.2 Å². The zero-order valence-electron chi connectivity index (χ0n) is 15.7. The lowest BCUT2D eigenvalue weighted by Gasteiger charge is -2.30. The van der Waals surface area contributed by atoms with Gasteiger partial charge in [-0.25, -0.2) is 8.42 Å². The van der Waals surface area contributed by atoms with Crippen molar-refractivity contribution in [3.63, 3.8) is 0 Å². The second-order valence-electron chi connectivity index (χ2n) is 6.71. The summed E-state index contributed by atoms with van der Waals surface area (Å²) in [6.07, 6.45) is 1.12. The molecule has 0 aliphatic rings. The lowest BCUT2D eigenvalue weighted by molar-refractivity contribution is -0.131. The van der Waals surface area contributed by atoms with E-state index in [-0.39, 0.29) is 18.5 Å². The fraction of sp³-hybridized carbons (Fsp3) is 0.350. The van der Waals surface area contributed by atoms with Crippen molar-refractivity contribution >= 4 is 21.6 Å². The van der Waals surface area contributed by atoms with Crippen LogP contribution in [0, 0.1) is 6.92 Å². The average Bonchev–Trinajstić information content (AvgIpc) is 2.57. The van der Waals surface area contributed by atoms with Crippen LogP contribution in [0.15, 0.2) is 54.6 Å². The van der Waals surface area contributed by atoms with Crippen molar-refractivity contribution in [2.75, 3.05) is 17.1 Å². The highest BCUT2D eigenvalue weighted by Gasteiger charge is 2.25. The van der Waals surface area contributed by atoms with Gasteiger partial charge in [0.15, 0.2) is 0 Å². The highest BCUT2D eigenvalue weighted by molar-refractivity contribution is 7.92. The van der Waals surface area contributed by atoms with Crippen LogP contribution < -0.4 is 4.31 Å². The number of carbonyl (C=O) groups is 1. The lowest BCUT2D eigenvalue weighted by atomic mass is 10.2. The minimum Gasteiger partial charge on any atom is -0.334 e. The Hall–Kier alpha value is -2.34. The van der Waals surface area contributed by atoms with E-state index in [0.717, 1.165) is 17.4 Å². The molecule has 0 unspecified atom stereocenters. The first kappa shape index (κ1) is 20.0. The highest BCUT2D eigenvalue weighted by Crippen LogP contribution is 2.20. The summed E-state index contributed by atoms with van der Waals surface area (Å²) in [4.78, 5) is 14.6. The number of nitrogens with zero attached hydrogens (tertiary/aromatic N) is 2. The van der Waals surface area contributed by atoms with E-state index in [2.05, 4.69) is 0 Å². The largest absolute Gasteiger partial charge is 0.334 e. The number of rotatable bonds is 7. The minimum absolute atomic E-state index is 0.0402. The molecule has 6 heteroatoms. The number of benzene rings is 2. The van der Waals surface area contributed by atoms with E-state index in [0.29, 0.717) is 12.2 Å². The number of hydrogen-bond donors (Lipinski definition) is 0. The standard InChI is InChI=1S/C20H26N2O3S/c1-16(2)21(14-18-10-6-5-7-11-18)20(23)15-22(26(4,24)25)19-12-8-9-17(3)13-19/h5-13,16H,14-15H2,1-4H3. The van der Waals surface area contributed by atoms with Crippen LogP contribution in [0.5, 0.6) is 0 Å². The van der Waals surface area contributed by atoms with E-state index in [1.54, 1.807) is 23.1 Å². The first-order valence-electron chi connectivity index (χ1n) is 8.56. The van der Waals surface area contributed by atoms with Crippen LogP contribution in [0.25, 0.3) is 0 Å². The molecule has 0 atom stereocenters. The lowest BCUT2D eigenvalue weighted by Crippen LogP contribution is -2.45. The fourth-order valence-electron chi connectivity index (χ4n) is 2.74. The topological polar surface area (TPSA) is 57.7 Å². The summed E-state index contributed by atoms with van der Waals surface area (Å²) < 4.78 is 25.7. The summed E-state index contributed by atoms with van der Waals surface area (Å²) in [6.45, 7) is 5.98. The molecule has 2 aromatic rings. The van der Waals surface area contributed by atoms with Crippen molar-refractivity contribution in [3.8, 4) is 0 Å². The summed E-state index contributed by atoms with van der Waals surface area (Å²) in [5, 5.41) is 0. The zero-order chi connectivity index (χ0) is 19.3. The van der Waals surface area contributed by atoms with E-state index < -0.39 is 10.0 Å². The second kappa shape index (κ2) is 8.36. The molecule has 0 saturated carbocycles. The first-order valence-corrected chi connectivity index (χ1v) is 10.4. The number of carbonyl (C=O) groups excluding carboxylic acids is 1. The summed E-state index contributed by atoms with van der Waals surface area (Å²) in [7, 11) is -3.58. The van der Waals surface area contributed by atoms with Gasteiger partial charge >= 0.3 is 0 Å². The molecule has 0 spiro atoms. The number of sulfonamides is 1. The molecule has 2 rings (SSSR count). The molecule has 0 aliphatic carbocycles. The number of hydrogen-bond acceptors (Lipinski definition) is 3. The maximum Gasteiger partial charge on any atom is 0.243 e. The van der Waals surface area contributed by atoms with Crippen LogP contribution in [-0.2, 0) is 21.4 Å². The minimum atomic E-state index is -3.58. The van der Waals surface area contributed by atoms with Crippen LogP contribution in [0.2, 0.25) is 0 Å². The summed E-state index contributed by atoms with van der Waals surface area (Å²) in [5.74, 6) is -0.226. The summed E-state index contributed by atoms with van der Waals surface area (Å²) >= 11 is 0. The number of aryl methyl sites for hydroxylation is 1. The second-order valence-corrected chi connectivity index (χ2v) is 8.62. The smallest absolute Gasteiger partial charge is 0.243 e. The quantitative estimate of drug-likeness (QED) is 0.748. The SMILES string of the molecule is Cc1cccc(N(CC(=O)N(Cc2ccccc2)C(C)C)S(C)(=O)=O)c1. The number of anilines is 1. The molecule has 140 valence electrons. The normalized spacial score (nSPS) is 11.4. The predicted octanol–water partition coefficient (Wildman–Crippen LogP) is 3.20. The fourth-order valence-corrected chi connectivity index (χ4v) is 3.58.